The first-order valence-corrected chi connectivity index (χ1v) is 6.99. The average Bonchev–Trinajstić information content (AvgIpc) is 2.38. The lowest BCUT2D eigenvalue weighted by molar-refractivity contribution is 0.344. The van der Waals surface area contributed by atoms with Crippen LogP contribution in [-0.4, -0.2) is 28.6 Å². The molecule has 2 unspecified atom stereocenters. The molecule has 18 heavy (non-hydrogen) atoms. The molecule has 0 spiro atoms. The van der Waals surface area contributed by atoms with E-state index in [-0.39, 0.29) is 0 Å². The third-order valence-corrected chi connectivity index (χ3v) is 3.52. The van der Waals surface area contributed by atoms with Gasteiger partial charge in [0, 0.05) is 24.8 Å². The molecule has 0 amide bonds. The quantitative estimate of drug-likeness (QED) is 0.834. The van der Waals surface area contributed by atoms with E-state index in [2.05, 4.69) is 27.5 Å². The molecule has 4 heteroatoms. The van der Waals surface area contributed by atoms with Gasteiger partial charge >= 0.3 is 0 Å². The van der Waals surface area contributed by atoms with Gasteiger partial charge in [-0.15, -0.1) is 0 Å². The Morgan fingerprint density at radius 2 is 2.39 bits per heavy atom. The van der Waals surface area contributed by atoms with Crippen LogP contribution in [-0.2, 0) is 6.54 Å². The summed E-state index contributed by atoms with van der Waals surface area (Å²) in [5.74, 6) is 0.843. The van der Waals surface area contributed by atoms with Crippen molar-refractivity contribution in [2.45, 2.75) is 58.2 Å². The Balaban J connectivity index is 1.72. The van der Waals surface area contributed by atoms with Crippen LogP contribution in [0.2, 0.25) is 0 Å². The maximum atomic E-state index is 4.40. The minimum Gasteiger partial charge on any atom is -0.314 e. The molecule has 100 valence electrons. The first kappa shape index (κ1) is 13.4. The third-order valence-electron chi connectivity index (χ3n) is 3.52. The zero-order chi connectivity index (χ0) is 12.8. The van der Waals surface area contributed by atoms with E-state index in [9.17, 15) is 0 Å². The monoisotopic (exact) mass is 248 g/mol. The minimum absolute atomic E-state index is 0.524. The number of hydrogen-bond acceptors (Lipinski definition) is 4. The van der Waals surface area contributed by atoms with Gasteiger partial charge in [0.25, 0.3) is 0 Å². The molecule has 1 saturated heterocycles. The van der Waals surface area contributed by atoms with E-state index in [4.69, 9.17) is 0 Å². The zero-order valence-corrected chi connectivity index (χ0v) is 11.4. The van der Waals surface area contributed by atoms with Gasteiger partial charge in [-0.05, 0) is 45.7 Å². The number of aromatic nitrogens is 2. The highest BCUT2D eigenvalue weighted by molar-refractivity contribution is 5.01. The van der Waals surface area contributed by atoms with E-state index in [1.165, 1.54) is 32.2 Å². The number of aryl methyl sites for hydroxylation is 1. The topological polar surface area (TPSA) is 49.8 Å². The highest BCUT2D eigenvalue weighted by Crippen LogP contribution is 2.12. The second-order valence-electron chi connectivity index (χ2n) is 5.26. The van der Waals surface area contributed by atoms with Gasteiger partial charge in [0.2, 0.25) is 0 Å². The van der Waals surface area contributed by atoms with Crippen molar-refractivity contribution in [2.75, 3.05) is 6.54 Å². The summed E-state index contributed by atoms with van der Waals surface area (Å²) in [5.41, 5.74) is 1.07. The van der Waals surface area contributed by atoms with Crippen molar-refractivity contribution in [3.8, 4) is 0 Å². The van der Waals surface area contributed by atoms with Crippen molar-refractivity contribution in [1.82, 2.24) is 20.6 Å². The second-order valence-corrected chi connectivity index (χ2v) is 5.26. The maximum Gasteiger partial charge on any atom is 0.125 e. The predicted molar refractivity (Wildman–Crippen MR) is 73.3 cm³/mol. The van der Waals surface area contributed by atoms with Gasteiger partial charge in [0.1, 0.15) is 5.82 Å². The number of nitrogens with one attached hydrogen (secondary N) is 2. The molecule has 1 aliphatic rings. The van der Waals surface area contributed by atoms with Gasteiger partial charge in [0.15, 0.2) is 0 Å². The Morgan fingerprint density at radius 3 is 3.11 bits per heavy atom. The summed E-state index contributed by atoms with van der Waals surface area (Å²) in [6.07, 6.45) is 7.05. The smallest absolute Gasteiger partial charge is 0.125 e. The van der Waals surface area contributed by atoms with Crippen LogP contribution in [0.5, 0.6) is 0 Å². The van der Waals surface area contributed by atoms with Crippen LogP contribution in [0.1, 0.15) is 44.1 Å². The summed E-state index contributed by atoms with van der Waals surface area (Å²) in [7, 11) is 0. The summed E-state index contributed by atoms with van der Waals surface area (Å²) in [6, 6.07) is 3.19. The van der Waals surface area contributed by atoms with Crippen LogP contribution in [0.25, 0.3) is 0 Å². The van der Waals surface area contributed by atoms with Crippen molar-refractivity contribution in [3.05, 3.63) is 23.8 Å². The van der Waals surface area contributed by atoms with Gasteiger partial charge in [-0.25, -0.2) is 9.97 Å². The largest absolute Gasteiger partial charge is 0.314 e. The van der Waals surface area contributed by atoms with Crippen molar-refractivity contribution >= 4 is 0 Å². The molecule has 0 aliphatic carbocycles. The number of hydrogen-bond donors (Lipinski definition) is 2. The molecule has 2 atom stereocenters. The Labute approximate surface area is 110 Å². The SMILES string of the molecule is Cc1nccc(CNC(C)CC2CCCCN2)n1. The molecule has 0 radical (unpaired) electrons. The van der Waals surface area contributed by atoms with Crippen LogP contribution in [0, 0.1) is 6.92 Å². The summed E-state index contributed by atoms with van der Waals surface area (Å²) in [4.78, 5) is 8.51. The van der Waals surface area contributed by atoms with Gasteiger partial charge in [0.05, 0.1) is 5.69 Å². The molecule has 0 saturated carbocycles. The summed E-state index contributed by atoms with van der Waals surface area (Å²) in [6.45, 7) is 6.20. The molecule has 2 N–H and O–H groups in total. The van der Waals surface area contributed by atoms with E-state index in [0.717, 1.165) is 18.1 Å². The third kappa shape index (κ3) is 4.35. The van der Waals surface area contributed by atoms with Crippen LogP contribution in [0.15, 0.2) is 12.3 Å². The Hall–Kier alpha value is -1.00. The fourth-order valence-electron chi connectivity index (χ4n) is 2.52. The molecule has 1 aliphatic heterocycles. The fraction of sp³-hybridized carbons (Fsp3) is 0.714. The second kappa shape index (κ2) is 6.81. The standard InChI is InChI=1S/C14H24N4/c1-11(9-13-5-3-4-7-16-13)17-10-14-6-8-15-12(2)18-14/h6,8,11,13,16-17H,3-5,7,9-10H2,1-2H3. The number of rotatable bonds is 5. The fourth-order valence-corrected chi connectivity index (χ4v) is 2.52. The molecule has 0 aromatic carbocycles. The molecular formula is C14H24N4. The summed E-state index contributed by atoms with van der Waals surface area (Å²) < 4.78 is 0. The number of piperidine rings is 1. The molecule has 0 bridgehead atoms. The molecule has 2 rings (SSSR count). The Kier molecular flexibility index (Phi) is 5.08. The first-order chi connectivity index (χ1) is 8.74. The normalized spacial score (nSPS) is 21.8. The predicted octanol–water partition coefficient (Wildman–Crippen LogP) is 1.80. The lowest BCUT2D eigenvalue weighted by atomic mass is 9.99. The lowest BCUT2D eigenvalue weighted by Gasteiger charge is -2.26. The van der Waals surface area contributed by atoms with Crippen LogP contribution < -0.4 is 10.6 Å². The van der Waals surface area contributed by atoms with E-state index in [1.54, 1.807) is 0 Å². The minimum atomic E-state index is 0.524. The Morgan fingerprint density at radius 1 is 1.50 bits per heavy atom. The van der Waals surface area contributed by atoms with Crippen LogP contribution in [0.4, 0.5) is 0 Å². The zero-order valence-electron chi connectivity index (χ0n) is 11.4. The number of nitrogens with zero attached hydrogens (tertiary/aromatic N) is 2. The van der Waals surface area contributed by atoms with Crippen molar-refractivity contribution in [3.63, 3.8) is 0 Å². The van der Waals surface area contributed by atoms with Crippen molar-refractivity contribution in [2.24, 2.45) is 0 Å². The van der Waals surface area contributed by atoms with Crippen LogP contribution in [0.3, 0.4) is 0 Å². The highest BCUT2D eigenvalue weighted by Gasteiger charge is 2.15. The molecule has 1 aromatic heterocycles. The summed E-state index contributed by atoms with van der Waals surface area (Å²) in [5, 5.41) is 7.13. The highest BCUT2D eigenvalue weighted by atomic mass is 15.0. The van der Waals surface area contributed by atoms with E-state index in [0.29, 0.717) is 12.1 Å². The molecule has 2 heterocycles. The average molecular weight is 248 g/mol. The van der Waals surface area contributed by atoms with E-state index >= 15 is 0 Å². The van der Waals surface area contributed by atoms with Gasteiger partial charge in [-0.2, -0.15) is 0 Å². The lowest BCUT2D eigenvalue weighted by Crippen LogP contribution is -2.39. The van der Waals surface area contributed by atoms with Gasteiger partial charge in [-0.3, -0.25) is 0 Å². The molecule has 4 nitrogen and oxygen atoms in total. The Bertz CT molecular complexity index is 361. The molecular weight excluding hydrogens is 224 g/mol. The molecule has 1 aromatic rings. The first-order valence-electron chi connectivity index (χ1n) is 6.99. The van der Waals surface area contributed by atoms with Gasteiger partial charge in [-0.1, -0.05) is 6.42 Å². The van der Waals surface area contributed by atoms with Crippen molar-refractivity contribution < 1.29 is 0 Å². The van der Waals surface area contributed by atoms with Crippen molar-refractivity contribution in [1.29, 1.82) is 0 Å². The van der Waals surface area contributed by atoms with E-state index < -0.39 is 0 Å². The summed E-state index contributed by atoms with van der Waals surface area (Å²) >= 11 is 0. The molecule has 1 fully saturated rings. The van der Waals surface area contributed by atoms with Crippen LogP contribution >= 0.6 is 0 Å². The van der Waals surface area contributed by atoms with E-state index in [1.807, 2.05) is 19.2 Å². The maximum absolute atomic E-state index is 4.40. The van der Waals surface area contributed by atoms with Gasteiger partial charge < -0.3 is 10.6 Å².